The molecule has 0 bridgehead atoms. The zero-order valence-electron chi connectivity index (χ0n) is 9.26. The van der Waals surface area contributed by atoms with Crippen molar-refractivity contribution in [1.29, 1.82) is 0 Å². The Kier molecular flexibility index (Phi) is 6.29. The number of rotatable bonds is 7. The van der Waals surface area contributed by atoms with Gasteiger partial charge in [0.25, 0.3) is 0 Å². The molecule has 0 spiro atoms. The van der Waals surface area contributed by atoms with Crippen molar-refractivity contribution >= 4 is 0 Å². The smallest absolute Gasteiger partial charge is 0.0654 e. The molecule has 0 radical (unpaired) electrons. The Bertz CT molecular complexity index is 124. The van der Waals surface area contributed by atoms with Gasteiger partial charge in [-0.25, -0.2) is 0 Å². The van der Waals surface area contributed by atoms with Gasteiger partial charge in [0.05, 0.1) is 12.2 Å². The van der Waals surface area contributed by atoms with E-state index in [1.54, 1.807) is 7.11 Å². The SMILES string of the molecule is COCCNCCC(C)(O)C(C)C. The Hall–Kier alpha value is -0.120. The third kappa shape index (κ3) is 6.02. The van der Waals surface area contributed by atoms with Gasteiger partial charge in [0.1, 0.15) is 0 Å². The fraction of sp³-hybridized carbons (Fsp3) is 1.00. The van der Waals surface area contributed by atoms with Gasteiger partial charge in [0.2, 0.25) is 0 Å². The van der Waals surface area contributed by atoms with Crippen LogP contribution in [0.1, 0.15) is 27.2 Å². The molecule has 0 aromatic carbocycles. The maximum Gasteiger partial charge on any atom is 0.0654 e. The highest BCUT2D eigenvalue weighted by atomic mass is 16.5. The summed E-state index contributed by atoms with van der Waals surface area (Å²) in [5.41, 5.74) is -0.555. The predicted octanol–water partition coefficient (Wildman–Crippen LogP) is 1.02. The number of ether oxygens (including phenoxy) is 1. The average Bonchev–Trinajstić information content (AvgIpc) is 2.03. The number of hydrogen-bond donors (Lipinski definition) is 2. The molecule has 0 aliphatic carbocycles. The van der Waals surface area contributed by atoms with Crippen molar-refractivity contribution in [2.75, 3.05) is 26.8 Å². The molecule has 3 nitrogen and oxygen atoms in total. The minimum Gasteiger partial charge on any atom is -0.390 e. The summed E-state index contributed by atoms with van der Waals surface area (Å²) in [5.74, 6) is 0.303. The van der Waals surface area contributed by atoms with Gasteiger partial charge in [-0.15, -0.1) is 0 Å². The summed E-state index contributed by atoms with van der Waals surface area (Å²) >= 11 is 0. The van der Waals surface area contributed by atoms with Crippen LogP contribution in [-0.4, -0.2) is 37.5 Å². The first kappa shape index (κ1) is 12.9. The monoisotopic (exact) mass is 189 g/mol. The van der Waals surface area contributed by atoms with Crippen molar-refractivity contribution in [1.82, 2.24) is 5.32 Å². The van der Waals surface area contributed by atoms with Crippen LogP contribution in [0, 0.1) is 5.92 Å². The van der Waals surface area contributed by atoms with Crippen LogP contribution in [-0.2, 0) is 4.74 Å². The first-order valence-corrected chi connectivity index (χ1v) is 4.92. The van der Waals surface area contributed by atoms with E-state index in [2.05, 4.69) is 5.32 Å². The van der Waals surface area contributed by atoms with Crippen LogP contribution in [0.4, 0.5) is 0 Å². The van der Waals surface area contributed by atoms with Crippen molar-refractivity contribution in [3.05, 3.63) is 0 Å². The quantitative estimate of drug-likeness (QED) is 0.588. The van der Waals surface area contributed by atoms with E-state index in [1.807, 2.05) is 20.8 Å². The van der Waals surface area contributed by atoms with Gasteiger partial charge in [-0.1, -0.05) is 13.8 Å². The van der Waals surface area contributed by atoms with Gasteiger partial charge >= 0.3 is 0 Å². The molecule has 0 saturated heterocycles. The van der Waals surface area contributed by atoms with Crippen LogP contribution in [0.25, 0.3) is 0 Å². The Balaban J connectivity index is 3.41. The van der Waals surface area contributed by atoms with Crippen molar-refractivity contribution in [3.63, 3.8) is 0 Å². The molecule has 13 heavy (non-hydrogen) atoms. The summed E-state index contributed by atoms with van der Waals surface area (Å²) in [6.45, 7) is 8.38. The molecule has 0 aliphatic rings. The second-order valence-electron chi connectivity index (χ2n) is 4.00. The molecule has 0 aliphatic heterocycles. The topological polar surface area (TPSA) is 41.5 Å². The molecule has 80 valence electrons. The highest BCUT2D eigenvalue weighted by Gasteiger charge is 2.23. The van der Waals surface area contributed by atoms with Crippen LogP contribution in [0.15, 0.2) is 0 Å². The van der Waals surface area contributed by atoms with Gasteiger partial charge in [-0.3, -0.25) is 0 Å². The first-order chi connectivity index (χ1) is 6.00. The van der Waals surface area contributed by atoms with E-state index in [0.29, 0.717) is 5.92 Å². The zero-order valence-corrected chi connectivity index (χ0v) is 9.26. The minimum absolute atomic E-state index is 0.303. The summed E-state index contributed by atoms with van der Waals surface area (Å²) in [6, 6.07) is 0. The Morgan fingerprint density at radius 1 is 1.38 bits per heavy atom. The molecule has 1 atom stereocenters. The van der Waals surface area contributed by atoms with Crippen molar-refractivity contribution in [3.8, 4) is 0 Å². The van der Waals surface area contributed by atoms with Gasteiger partial charge in [-0.2, -0.15) is 0 Å². The molecule has 0 aromatic rings. The van der Waals surface area contributed by atoms with Crippen LogP contribution < -0.4 is 5.32 Å². The largest absolute Gasteiger partial charge is 0.390 e. The second kappa shape index (κ2) is 6.35. The normalized spacial score (nSPS) is 16.2. The third-order valence-electron chi connectivity index (χ3n) is 2.53. The second-order valence-corrected chi connectivity index (χ2v) is 4.00. The van der Waals surface area contributed by atoms with E-state index < -0.39 is 5.60 Å². The molecule has 1 unspecified atom stereocenters. The fourth-order valence-electron chi connectivity index (χ4n) is 0.929. The number of hydrogen-bond acceptors (Lipinski definition) is 3. The van der Waals surface area contributed by atoms with Gasteiger partial charge < -0.3 is 15.2 Å². The molecular formula is C10H23NO2. The van der Waals surface area contributed by atoms with E-state index in [-0.39, 0.29) is 0 Å². The van der Waals surface area contributed by atoms with Crippen LogP contribution in [0.2, 0.25) is 0 Å². The van der Waals surface area contributed by atoms with E-state index >= 15 is 0 Å². The van der Waals surface area contributed by atoms with Crippen molar-refractivity contribution < 1.29 is 9.84 Å². The van der Waals surface area contributed by atoms with Crippen molar-refractivity contribution in [2.24, 2.45) is 5.92 Å². The number of nitrogens with one attached hydrogen (secondary N) is 1. The molecule has 0 heterocycles. The molecule has 3 heteroatoms. The lowest BCUT2D eigenvalue weighted by atomic mass is 9.89. The fourth-order valence-corrected chi connectivity index (χ4v) is 0.929. The third-order valence-corrected chi connectivity index (χ3v) is 2.53. The molecule has 0 saturated carbocycles. The van der Waals surface area contributed by atoms with Crippen LogP contribution in [0.5, 0.6) is 0 Å². The predicted molar refractivity (Wildman–Crippen MR) is 54.8 cm³/mol. The number of methoxy groups -OCH3 is 1. The maximum absolute atomic E-state index is 9.88. The molecular weight excluding hydrogens is 166 g/mol. The summed E-state index contributed by atoms with van der Waals surface area (Å²) in [6.07, 6.45) is 0.786. The maximum atomic E-state index is 9.88. The van der Waals surface area contributed by atoms with Crippen LogP contribution in [0.3, 0.4) is 0 Å². The van der Waals surface area contributed by atoms with Gasteiger partial charge in [0.15, 0.2) is 0 Å². The Labute approximate surface area is 81.5 Å². The lowest BCUT2D eigenvalue weighted by Gasteiger charge is -2.27. The molecule has 2 N–H and O–H groups in total. The molecule has 0 fully saturated rings. The molecule has 0 amide bonds. The highest BCUT2D eigenvalue weighted by Crippen LogP contribution is 2.19. The summed E-state index contributed by atoms with van der Waals surface area (Å²) < 4.78 is 4.90. The zero-order chi connectivity index (χ0) is 10.3. The minimum atomic E-state index is -0.555. The standard InChI is InChI=1S/C10H23NO2/c1-9(2)10(3,12)5-6-11-7-8-13-4/h9,11-12H,5-8H2,1-4H3. The molecule has 0 aromatic heterocycles. The molecule has 0 rings (SSSR count). The van der Waals surface area contributed by atoms with Gasteiger partial charge in [-0.05, 0) is 25.8 Å². The summed E-state index contributed by atoms with van der Waals surface area (Å²) in [5, 5.41) is 13.1. The summed E-state index contributed by atoms with van der Waals surface area (Å²) in [4.78, 5) is 0. The Morgan fingerprint density at radius 2 is 2.00 bits per heavy atom. The van der Waals surface area contributed by atoms with E-state index in [0.717, 1.165) is 26.1 Å². The first-order valence-electron chi connectivity index (χ1n) is 4.92. The van der Waals surface area contributed by atoms with E-state index in [4.69, 9.17) is 4.74 Å². The lowest BCUT2D eigenvalue weighted by molar-refractivity contribution is 0.00558. The average molecular weight is 189 g/mol. The number of aliphatic hydroxyl groups is 1. The van der Waals surface area contributed by atoms with Gasteiger partial charge in [0, 0.05) is 13.7 Å². The van der Waals surface area contributed by atoms with E-state index in [9.17, 15) is 5.11 Å². The van der Waals surface area contributed by atoms with Crippen LogP contribution >= 0.6 is 0 Å². The Morgan fingerprint density at radius 3 is 2.46 bits per heavy atom. The summed E-state index contributed by atoms with van der Waals surface area (Å²) in [7, 11) is 1.69. The lowest BCUT2D eigenvalue weighted by Crippen LogP contribution is -2.35. The highest BCUT2D eigenvalue weighted by molar-refractivity contribution is 4.76. The van der Waals surface area contributed by atoms with E-state index in [1.165, 1.54) is 0 Å². The van der Waals surface area contributed by atoms with Crippen molar-refractivity contribution in [2.45, 2.75) is 32.8 Å².